The molecule has 0 radical (unpaired) electrons. The zero-order valence-electron chi connectivity index (χ0n) is 16.8. The normalized spacial score (nSPS) is 12.7. The molecule has 0 amide bonds. The molecule has 0 aliphatic carbocycles. The minimum absolute atomic E-state index is 0.0780. The smallest absolute Gasteiger partial charge is 0.337 e. The Kier molecular flexibility index (Phi) is 5.07. The Hall–Kier alpha value is -3.18. The first kappa shape index (κ1) is 19.2. The van der Waals surface area contributed by atoms with Gasteiger partial charge in [-0.3, -0.25) is 4.90 Å². The summed E-state index contributed by atoms with van der Waals surface area (Å²) in [5, 5.41) is 13.2. The van der Waals surface area contributed by atoms with Crippen LogP contribution in [0.1, 0.15) is 31.1 Å². The van der Waals surface area contributed by atoms with E-state index in [9.17, 15) is 9.90 Å². The number of pyridine rings is 1. The van der Waals surface area contributed by atoms with E-state index in [-0.39, 0.29) is 11.8 Å². The molecule has 1 atom stereocenters. The number of hydrogen-bond acceptors (Lipinski definition) is 4. The molecule has 0 saturated carbocycles. The van der Waals surface area contributed by atoms with E-state index in [1.807, 2.05) is 55.5 Å². The van der Waals surface area contributed by atoms with Gasteiger partial charge < -0.3 is 9.84 Å². The standard InChI is InChI=1S/C24H24N2O3/c1-4-26(5-2)15(3)29-18-10-11-19-22(14-18)25-21-13-17-9-7-6-8-16(17)12-20(21)23(19)24(27)28/h6-15H,4-5H2,1-3H3,(H,27,28). The Morgan fingerprint density at radius 3 is 2.31 bits per heavy atom. The summed E-state index contributed by atoms with van der Waals surface area (Å²) in [6, 6.07) is 17.2. The van der Waals surface area contributed by atoms with Crippen LogP contribution in [0.2, 0.25) is 0 Å². The van der Waals surface area contributed by atoms with Gasteiger partial charge in [-0.15, -0.1) is 0 Å². The van der Waals surface area contributed by atoms with Gasteiger partial charge in [-0.1, -0.05) is 38.1 Å². The fraction of sp³-hybridized carbons (Fsp3) is 0.250. The molecule has 1 heterocycles. The third-order valence-corrected chi connectivity index (χ3v) is 5.46. The zero-order chi connectivity index (χ0) is 20.5. The highest BCUT2D eigenvalue weighted by molar-refractivity contribution is 6.16. The maximum atomic E-state index is 12.1. The Morgan fingerprint density at radius 2 is 1.66 bits per heavy atom. The van der Waals surface area contributed by atoms with Crippen molar-refractivity contribution in [1.82, 2.24) is 9.88 Å². The molecule has 0 saturated heterocycles. The van der Waals surface area contributed by atoms with Crippen LogP contribution in [0.5, 0.6) is 5.75 Å². The van der Waals surface area contributed by atoms with Crippen LogP contribution in [0.25, 0.3) is 32.6 Å². The van der Waals surface area contributed by atoms with Crippen LogP contribution in [-0.2, 0) is 0 Å². The summed E-state index contributed by atoms with van der Waals surface area (Å²) in [6.45, 7) is 8.00. The third-order valence-electron chi connectivity index (χ3n) is 5.46. The average molecular weight is 388 g/mol. The molecule has 1 N–H and O–H groups in total. The summed E-state index contributed by atoms with van der Waals surface area (Å²) < 4.78 is 6.09. The summed E-state index contributed by atoms with van der Waals surface area (Å²) in [5.74, 6) is -0.274. The van der Waals surface area contributed by atoms with Gasteiger partial charge in [-0.2, -0.15) is 0 Å². The fourth-order valence-corrected chi connectivity index (χ4v) is 3.92. The van der Waals surface area contributed by atoms with Gasteiger partial charge in [0.15, 0.2) is 0 Å². The Bertz CT molecular complexity index is 1220. The van der Waals surface area contributed by atoms with Crippen LogP contribution in [0.3, 0.4) is 0 Å². The van der Waals surface area contributed by atoms with E-state index in [4.69, 9.17) is 9.72 Å². The van der Waals surface area contributed by atoms with Gasteiger partial charge in [-0.25, -0.2) is 9.78 Å². The topological polar surface area (TPSA) is 62.7 Å². The van der Waals surface area contributed by atoms with E-state index < -0.39 is 5.97 Å². The lowest BCUT2D eigenvalue weighted by molar-refractivity contribution is 0.0482. The Morgan fingerprint density at radius 1 is 1.00 bits per heavy atom. The average Bonchev–Trinajstić information content (AvgIpc) is 2.71. The first-order valence-electron chi connectivity index (χ1n) is 9.92. The van der Waals surface area contributed by atoms with Crippen LogP contribution in [0.4, 0.5) is 0 Å². The molecule has 29 heavy (non-hydrogen) atoms. The van der Waals surface area contributed by atoms with E-state index >= 15 is 0 Å². The van der Waals surface area contributed by atoms with Crippen molar-refractivity contribution >= 4 is 38.5 Å². The summed E-state index contributed by atoms with van der Waals surface area (Å²) in [7, 11) is 0. The SMILES string of the molecule is CCN(CC)C(C)Oc1ccc2c(C(=O)O)c3cc4ccccc4cc3nc2c1. The molecule has 5 nitrogen and oxygen atoms in total. The van der Waals surface area contributed by atoms with Gasteiger partial charge in [0.1, 0.15) is 12.0 Å². The number of ether oxygens (including phenoxy) is 1. The molecule has 5 heteroatoms. The lowest BCUT2D eigenvalue weighted by Gasteiger charge is -2.27. The van der Waals surface area contributed by atoms with Crippen LogP contribution >= 0.6 is 0 Å². The van der Waals surface area contributed by atoms with Crippen LogP contribution in [0.15, 0.2) is 54.6 Å². The van der Waals surface area contributed by atoms with Crippen molar-refractivity contribution in [1.29, 1.82) is 0 Å². The molecule has 0 fully saturated rings. The number of carboxylic acids is 1. The van der Waals surface area contributed by atoms with Crippen molar-refractivity contribution < 1.29 is 14.6 Å². The number of rotatable bonds is 6. The molecule has 0 aliphatic heterocycles. The van der Waals surface area contributed by atoms with Gasteiger partial charge in [-0.05, 0) is 55.1 Å². The summed E-state index contributed by atoms with van der Waals surface area (Å²) in [6.07, 6.45) is -0.0780. The number of carbonyl (C=O) groups is 1. The molecule has 1 aromatic heterocycles. The number of aromatic nitrogens is 1. The largest absolute Gasteiger partial charge is 0.478 e. The second-order valence-corrected chi connectivity index (χ2v) is 7.13. The monoisotopic (exact) mass is 388 g/mol. The van der Waals surface area contributed by atoms with Gasteiger partial charge in [0, 0.05) is 16.8 Å². The van der Waals surface area contributed by atoms with Crippen molar-refractivity contribution in [3.05, 3.63) is 60.2 Å². The zero-order valence-corrected chi connectivity index (χ0v) is 16.8. The quantitative estimate of drug-likeness (QED) is 0.358. The Labute approximate surface area is 169 Å². The number of benzene rings is 3. The molecule has 148 valence electrons. The van der Waals surface area contributed by atoms with Crippen molar-refractivity contribution in [3.8, 4) is 5.75 Å². The van der Waals surface area contributed by atoms with Crippen molar-refractivity contribution in [2.75, 3.05) is 13.1 Å². The molecular formula is C24H24N2O3. The lowest BCUT2D eigenvalue weighted by Crippen LogP contribution is -2.36. The summed E-state index contributed by atoms with van der Waals surface area (Å²) in [5.41, 5.74) is 1.57. The first-order chi connectivity index (χ1) is 14.0. The highest BCUT2D eigenvalue weighted by Gasteiger charge is 2.17. The fourth-order valence-electron chi connectivity index (χ4n) is 3.92. The number of carboxylic acid groups (broad SMARTS) is 1. The van der Waals surface area contributed by atoms with Crippen LogP contribution in [-0.4, -0.2) is 40.3 Å². The van der Waals surface area contributed by atoms with Crippen LogP contribution < -0.4 is 4.74 Å². The molecule has 4 rings (SSSR count). The molecule has 1 unspecified atom stereocenters. The minimum atomic E-state index is -0.956. The van der Waals surface area contributed by atoms with E-state index in [2.05, 4.69) is 18.7 Å². The molecule has 0 bridgehead atoms. The molecule has 0 aliphatic rings. The summed E-state index contributed by atoms with van der Waals surface area (Å²) >= 11 is 0. The summed E-state index contributed by atoms with van der Waals surface area (Å²) in [4.78, 5) is 19.1. The maximum Gasteiger partial charge on any atom is 0.337 e. The van der Waals surface area contributed by atoms with E-state index in [1.54, 1.807) is 6.07 Å². The molecule has 3 aromatic carbocycles. The molecule has 4 aromatic rings. The highest BCUT2D eigenvalue weighted by Crippen LogP contribution is 2.31. The predicted molar refractivity (Wildman–Crippen MR) is 117 cm³/mol. The Balaban J connectivity index is 1.89. The van der Waals surface area contributed by atoms with E-state index in [0.29, 0.717) is 27.6 Å². The maximum absolute atomic E-state index is 12.1. The second-order valence-electron chi connectivity index (χ2n) is 7.13. The minimum Gasteiger partial charge on any atom is -0.478 e. The molecule has 0 spiro atoms. The molecular weight excluding hydrogens is 364 g/mol. The highest BCUT2D eigenvalue weighted by atomic mass is 16.5. The predicted octanol–water partition coefficient (Wildman–Crippen LogP) is 5.31. The lowest BCUT2D eigenvalue weighted by atomic mass is 9.99. The third kappa shape index (κ3) is 3.49. The van der Waals surface area contributed by atoms with Gasteiger partial charge in [0.05, 0.1) is 16.6 Å². The first-order valence-corrected chi connectivity index (χ1v) is 9.92. The van der Waals surface area contributed by atoms with Gasteiger partial charge in [0.2, 0.25) is 0 Å². The van der Waals surface area contributed by atoms with Crippen molar-refractivity contribution in [3.63, 3.8) is 0 Å². The number of fused-ring (bicyclic) bond motifs is 3. The van der Waals surface area contributed by atoms with Crippen molar-refractivity contribution in [2.45, 2.75) is 27.0 Å². The van der Waals surface area contributed by atoms with Crippen molar-refractivity contribution in [2.24, 2.45) is 0 Å². The second kappa shape index (κ2) is 7.68. The number of hydrogen-bond donors (Lipinski definition) is 1. The van der Waals surface area contributed by atoms with Gasteiger partial charge in [0.25, 0.3) is 0 Å². The number of aromatic carboxylic acids is 1. The van der Waals surface area contributed by atoms with Gasteiger partial charge >= 0.3 is 5.97 Å². The van der Waals surface area contributed by atoms with E-state index in [0.717, 1.165) is 23.9 Å². The number of nitrogens with zero attached hydrogens (tertiary/aromatic N) is 2. The van der Waals surface area contributed by atoms with E-state index in [1.165, 1.54) is 0 Å². The van der Waals surface area contributed by atoms with Crippen LogP contribution in [0, 0.1) is 0 Å².